The molecule has 0 saturated carbocycles. The standard InChI is InChI=1S/C19H25NO3/c21-14-16-6-8-19(9-7-16)10-12-20(13-11-19)18(22)23-15-17-4-2-1-3-5-17/h1-6,21H,7-15H2. The summed E-state index contributed by atoms with van der Waals surface area (Å²) >= 11 is 0. The summed E-state index contributed by atoms with van der Waals surface area (Å²) in [5.41, 5.74) is 2.51. The molecule has 4 heteroatoms. The molecule has 0 aromatic heterocycles. The zero-order valence-corrected chi connectivity index (χ0v) is 13.5. The van der Waals surface area contributed by atoms with Crippen molar-refractivity contribution < 1.29 is 14.6 Å². The van der Waals surface area contributed by atoms with E-state index in [1.165, 1.54) is 5.57 Å². The number of carbonyl (C=O) groups excluding carboxylic acids is 1. The predicted molar refractivity (Wildman–Crippen MR) is 88.9 cm³/mol. The fourth-order valence-electron chi connectivity index (χ4n) is 3.56. The summed E-state index contributed by atoms with van der Waals surface area (Å²) in [5, 5.41) is 9.21. The molecule has 0 radical (unpaired) electrons. The Labute approximate surface area is 137 Å². The largest absolute Gasteiger partial charge is 0.445 e. The van der Waals surface area contributed by atoms with Gasteiger partial charge in [0.2, 0.25) is 0 Å². The molecule has 1 aromatic rings. The lowest BCUT2D eigenvalue weighted by molar-refractivity contribution is 0.0567. The zero-order valence-electron chi connectivity index (χ0n) is 13.5. The van der Waals surface area contributed by atoms with Gasteiger partial charge in [-0.3, -0.25) is 0 Å². The van der Waals surface area contributed by atoms with Crippen molar-refractivity contribution in [3.63, 3.8) is 0 Å². The molecule has 1 aliphatic heterocycles. The van der Waals surface area contributed by atoms with Gasteiger partial charge in [-0.1, -0.05) is 36.4 Å². The van der Waals surface area contributed by atoms with Crippen molar-refractivity contribution in [1.82, 2.24) is 4.90 Å². The Balaban J connectivity index is 1.47. The molecule has 4 nitrogen and oxygen atoms in total. The number of amides is 1. The van der Waals surface area contributed by atoms with Crippen molar-refractivity contribution >= 4 is 6.09 Å². The fraction of sp³-hybridized carbons (Fsp3) is 0.526. The van der Waals surface area contributed by atoms with E-state index >= 15 is 0 Å². The molecule has 0 bridgehead atoms. The van der Waals surface area contributed by atoms with Gasteiger partial charge >= 0.3 is 6.09 Å². The van der Waals surface area contributed by atoms with Gasteiger partial charge in [0.1, 0.15) is 6.61 Å². The highest BCUT2D eigenvalue weighted by molar-refractivity contribution is 5.67. The third-order valence-corrected chi connectivity index (χ3v) is 5.29. The van der Waals surface area contributed by atoms with Crippen LogP contribution in [0.2, 0.25) is 0 Å². The molecule has 2 aliphatic rings. The van der Waals surface area contributed by atoms with E-state index in [0.717, 1.165) is 50.8 Å². The zero-order chi connectivity index (χ0) is 16.1. The van der Waals surface area contributed by atoms with E-state index in [-0.39, 0.29) is 12.7 Å². The van der Waals surface area contributed by atoms with Crippen LogP contribution in [0, 0.1) is 5.41 Å². The van der Waals surface area contributed by atoms with Crippen LogP contribution >= 0.6 is 0 Å². The van der Waals surface area contributed by atoms with Crippen molar-refractivity contribution in [3.05, 3.63) is 47.5 Å². The quantitative estimate of drug-likeness (QED) is 0.868. The lowest BCUT2D eigenvalue weighted by Gasteiger charge is -2.43. The highest BCUT2D eigenvalue weighted by atomic mass is 16.6. The monoisotopic (exact) mass is 315 g/mol. The van der Waals surface area contributed by atoms with Crippen molar-refractivity contribution in [2.75, 3.05) is 19.7 Å². The minimum absolute atomic E-state index is 0.189. The first-order chi connectivity index (χ1) is 11.2. The summed E-state index contributed by atoms with van der Waals surface area (Å²) in [4.78, 5) is 14.0. The normalized spacial score (nSPS) is 20.2. The Morgan fingerprint density at radius 1 is 1.17 bits per heavy atom. The summed E-state index contributed by atoms with van der Waals surface area (Å²) in [5.74, 6) is 0. The van der Waals surface area contributed by atoms with Gasteiger partial charge in [-0.05, 0) is 48.7 Å². The molecule has 1 aliphatic carbocycles. The second kappa shape index (κ2) is 7.18. The fourth-order valence-corrected chi connectivity index (χ4v) is 3.56. The van der Waals surface area contributed by atoms with Gasteiger partial charge in [0.05, 0.1) is 6.61 Å². The van der Waals surface area contributed by atoms with E-state index < -0.39 is 0 Å². The van der Waals surface area contributed by atoms with Crippen LogP contribution in [0.25, 0.3) is 0 Å². The van der Waals surface area contributed by atoms with Gasteiger partial charge in [0.15, 0.2) is 0 Å². The van der Waals surface area contributed by atoms with E-state index in [0.29, 0.717) is 12.0 Å². The molecule has 1 aromatic carbocycles. The van der Waals surface area contributed by atoms with Crippen molar-refractivity contribution in [1.29, 1.82) is 0 Å². The van der Waals surface area contributed by atoms with Crippen LogP contribution in [-0.2, 0) is 11.3 Å². The molecule has 23 heavy (non-hydrogen) atoms. The maximum absolute atomic E-state index is 12.2. The highest BCUT2D eigenvalue weighted by Gasteiger charge is 2.36. The van der Waals surface area contributed by atoms with Crippen LogP contribution in [-0.4, -0.2) is 35.8 Å². The first-order valence-corrected chi connectivity index (χ1v) is 8.45. The Bertz CT molecular complexity index is 559. The number of nitrogens with zero attached hydrogens (tertiary/aromatic N) is 1. The van der Waals surface area contributed by atoms with Crippen LogP contribution in [0.5, 0.6) is 0 Å². The molecule has 1 spiro atoms. The molecular formula is C19H25NO3. The molecule has 124 valence electrons. The summed E-state index contributed by atoms with van der Waals surface area (Å²) in [6.07, 6.45) is 7.22. The predicted octanol–water partition coefficient (Wildman–Crippen LogP) is 3.51. The number of ether oxygens (including phenoxy) is 1. The Morgan fingerprint density at radius 2 is 1.91 bits per heavy atom. The molecule has 1 N–H and O–H groups in total. The van der Waals surface area contributed by atoms with Crippen molar-refractivity contribution in [2.24, 2.45) is 5.41 Å². The number of piperidine rings is 1. The van der Waals surface area contributed by atoms with Gasteiger partial charge in [-0.25, -0.2) is 4.79 Å². The lowest BCUT2D eigenvalue weighted by Crippen LogP contribution is -2.43. The number of carbonyl (C=O) groups is 1. The van der Waals surface area contributed by atoms with Crippen molar-refractivity contribution in [3.8, 4) is 0 Å². The maximum Gasteiger partial charge on any atom is 0.410 e. The number of allylic oxidation sites excluding steroid dienone is 1. The summed E-state index contributed by atoms with van der Waals surface area (Å²) in [6.45, 7) is 2.07. The average Bonchev–Trinajstić information content (AvgIpc) is 2.62. The van der Waals surface area contributed by atoms with E-state index in [1.807, 2.05) is 35.2 Å². The maximum atomic E-state index is 12.2. The molecule has 1 heterocycles. The number of benzene rings is 1. The Hall–Kier alpha value is -1.81. The number of aliphatic hydroxyl groups is 1. The van der Waals surface area contributed by atoms with Crippen LogP contribution in [0.3, 0.4) is 0 Å². The molecule has 1 saturated heterocycles. The van der Waals surface area contributed by atoms with Gasteiger partial charge in [0.25, 0.3) is 0 Å². The SMILES string of the molecule is O=C(OCc1ccccc1)N1CCC2(CC=C(CO)CC2)CC1. The third kappa shape index (κ3) is 3.94. The Kier molecular flexibility index (Phi) is 5.01. The van der Waals surface area contributed by atoms with E-state index in [2.05, 4.69) is 6.08 Å². The highest BCUT2D eigenvalue weighted by Crippen LogP contribution is 2.43. The molecule has 1 amide bonds. The third-order valence-electron chi connectivity index (χ3n) is 5.29. The minimum atomic E-state index is -0.203. The average molecular weight is 315 g/mol. The van der Waals surface area contributed by atoms with Crippen molar-refractivity contribution in [2.45, 2.75) is 38.7 Å². The molecule has 0 atom stereocenters. The molecular weight excluding hydrogens is 290 g/mol. The topological polar surface area (TPSA) is 49.8 Å². The summed E-state index contributed by atoms with van der Waals surface area (Å²) < 4.78 is 5.42. The van der Waals surface area contributed by atoms with Crippen LogP contribution in [0.1, 0.15) is 37.7 Å². The summed E-state index contributed by atoms with van der Waals surface area (Å²) in [7, 11) is 0. The first-order valence-electron chi connectivity index (χ1n) is 8.45. The smallest absolute Gasteiger partial charge is 0.410 e. The second-order valence-corrected chi connectivity index (χ2v) is 6.75. The van der Waals surface area contributed by atoms with E-state index in [9.17, 15) is 9.90 Å². The van der Waals surface area contributed by atoms with E-state index in [4.69, 9.17) is 4.74 Å². The van der Waals surface area contributed by atoms with Gasteiger partial charge in [0, 0.05) is 13.1 Å². The molecule has 3 rings (SSSR count). The van der Waals surface area contributed by atoms with Crippen LogP contribution in [0.15, 0.2) is 42.0 Å². The van der Waals surface area contributed by atoms with Gasteiger partial charge in [-0.2, -0.15) is 0 Å². The number of aliphatic hydroxyl groups excluding tert-OH is 1. The first kappa shape index (κ1) is 16.1. The number of hydrogen-bond acceptors (Lipinski definition) is 3. The minimum Gasteiger partial charge on any atom is -0.445 e. The van der Waals surface area contributed by atoms with Gasteiger partial charge in [-0.15, -0.1) is 0 Å². The number of rotatable bonds is 3. The Morgan fingerprint density at radius 3 is 2.52 bits per heavy atom. The molecule has 0 unspecified atom stereocenters. The number of likely N-dealkylation sites (tertiary alicyclic amines) is 1. The van der Waals surface area contributed by atoms with Crippen LogP contribution < -0.4 is 0 Å². The lowest BCUT2D eigenvalue weighted by atomic mass is 9.69. The number of hydrogen-bond donors (Lipinski definition) is 1. The summed E-state index contributed by atoms with van der Waals surface area (Å²) in [6, 6.07) is 9.78. The molecule has 1 fully saturated rings. The second-order valence-electron chi connectivity index (χ2n) is 6.75. The van der Waals surface area contributed by atoms with Gasteiger partial charge < -0.3 is 14.7 Å². The van der Waals surface area contributed by atoms with E-state index in [1.54, 1.807) is 0 Å². The van der Waals surface area contributed by atoms with Crippen LogP contribution in [0.4, 0.5) is 4.79 Å².